The number of benzene rings is 4. The Morgan fingerprint density at radius 2 is 1.05 bits per heavy atom. The molecule has 0 radical (unpaired) electrons. The molecule has 4 aromatic rings. The summed E-state index contributed by atoms with van der Waals surface area (Å²) < 4.78 is 0. The van der Waals surface area contributed by atoms with E-state index in [1.165, 1.54) is 42.5 Å². The second-order valence-electron chi connectivity index (χ2n) is 9.59. The Morgan fingerprint density at radius 1 is 0.550 bits per heavy atom. The lowest BCUT2D eigenvalue weighted by Gasteiger charge is -2.38. The van der Waals surface area contributed by atoms with Crippen molar-refractivity contribution in [2.45, 2.75) is 11.8 Å². The van der Waals surface area contributed by atoms with E-state index in [0.717, 1.165) is 12.1 Å². The summed E-state index contributed by atoms with van der Waals surface area (Å²) in [5.74, 6) is -8.80. The van der Waals surface area contributed by atoms with Gasteiger partial charge >= 0.3 is 11.9 Å². The first-order chi connectivity index (χ1) is 19.0. The Bertz CT molecular complexity index is 1850. The second kappa shape index (κ2) is 8.43. The van der Waals surface area contributed by atoms with Gasteiger partial charge in [-0.05, 0) is 52.6 Å². The SMILES string of the molecule is O=C(O)c1cc(O)c2c(c1)[C@H]([C@@H]1c3cccc(O)c3C(=O)c3c1ccc(C(=O)O)c3O)c1cccc(O)c1C2=O. The molecule has 0 aliphatic heterocycles. The molecule has 0 unspecified atom stereocenters. The molecular weight excluding hydrogens is 520 g/mol. The molecule has 0 heterocycles. The molecule has 0 saturated carbocycles. The highest BCUT2D eigenvalue weighted by Crippen LogP contribution is 2.55. The lowest BCUT2D eigenvalue weighted by molar-refractivity contribution is 0.0683. The number of carbonyl (C=O) groups is 4. The van der Waals surface area contributed by atoms with Gasteiger partial charge in [-0.15, -0.1) is 0 Å². The number of rotatable bonds is 3. The zero-order chi connectivity index (χ0) is 28.6. The maximum atomic E-state index is 13.6. The Labute approximate surface area is 224 Å². The van der Waals surface area contributed by atoms with E-state index in [2.05, 4.69) is 0 Å². The summed E-state index contributed by atoms with van der Waals surface area (Å²) >= 11 is 0. The van der Waals surface area contributed by atoms with Crippen LogP contribution in [0.25, 0.3) is 0 Å². The van der Waals surface area contributed by atoms with Gasteiger partial charge in [0.25, 0.3) is 0 Å². The van der Waals surface area contributed by atoms with Crippen molar-refractivity contribution >= 4 is 23.5 Å². The topological polar surface area (TPSA) is 190 Å². The summed E-state index contributed by atoms with van der Waals surface area (Å²) in [5.41, 5.74) is -1.17. The van der Waals surface area contributed by atoms with E-state index in [0.29, 0.717) is 0 Å². The van der Waals surface area contributed by atoms with E-state index >= 15 is 0 Å². The molecule has 6 N–H and O–H groups in total. The monoisotopic (exact) mass is 538 g/mol. The predicted molar refractivity (Wildman–Crippen MR) is 137 cm³/mol. The molecule has 0 aromatic heterocycles. The Morgan fingerprint density at radius 3 is 1.60 bits per heavy atom. The largest absolute Gasteiger partial charge is 0.507 e. The van der Waals surface area contributed by atoms with Crippen molar-refractivity contribution in [3.63, 3.8) is 0 Å². The van der Waals surface area contributed by atoms with Crippen molar-refractivity contribution in [2.75, 3.05) is 0 Å². The number of phenolic OH excluding ortho intramolecular Hbond substituents is 3. The van der Waals surface area contributed by atoms with E-state index in [4.69, 9.17) is 0 Å². The minimum Gasteiger partial charge on any atom is -0.507 e. The van der Waals surface area contributed by atoms with Crippen LogP contribution in [0.2, 0.25) is 0 Å². The number of carboxylic acid groups (broad SMARTS) is 2. The van der Waals surface area contributed by atoms with Gasteiger partial charge in [-0.2, -0.15) is 0 Å². The molecule has 0 amide bonds. The molecule has 4 aromatic carbocycles. The molecule has 10 heteroatoms. The maximum Gasteiger partial charge on any atom is 0.339 e. The van der Waals surface area contributed by atoms with Crippen LogP contribution in [-0.2, 0) is 0 Å². The van der Waals surface area contributed by atoms with Crippen LogP contribution in [-0.4, -0.2) is 54.1 Å². The van der Waals surface area contributed by atoms with Crippen LogP contribution >= 0.6 is 0 Å². The average Bonchev–Trinajstić information content (AvgIpc) is 2.89. The molecule has 10 nitrogen and oxygen atoms in total. The first kappa shape index (κ1) is 24.7. The number of aromatic hydroxyl groups is 4. The summed E-state index contributed by atoms with van der Waals surface area (Å²) in [6.45, 7) is 0. The number of hydrogen-bond acceptors (Lipinski definition) is 8. The minimum absolute atomic E-state index is 0.0712. The third-order valence-corrected chi connectivity index (χ3v) is 7.57. The van der Waals surface area contributed by atoms with E-state index in [1.54, 1.807) is 6.07 Å². The molecular formula is C30H18O10. The quantitative estimate of drug-likeness (QED) is 0.223. The molecule has 2 aliphatic rings. The lowest BCUT2D eigenvalue weighted by atomic mass is 9.63. The molecule has 0 saturated heterocycles. The highest BCUT2D eigenvalue weighted by atomic mass is 16.4. The average molecular weight is 538 g/mol. The van der Waals surface area contributed by atoms with Gasteiger partial charge in [0.1, 0.15) is 28.6 Å². The summed E-state index contributed by atoms with van der Waals surface area (Å²) in [5, 5.41) is 62.6. The van der Waals surface area contributed by atoms with Crippen LogP contribution in [0.15, 0.2) is 60.7 Å². The third kappa shape index (κ3) is 3.22. The minimum atomic E-state index is -1.49. The van der Waals surface area contributed by atoms with Gasteiger partial charge in [0.05, 0.1) is 27.8 Å². The number of fused-ring (bicyclic) bond motifs is 4. The van der Waals surface area contributed by atoms with Crippen molar-refractivity contribution in [3.05, 3.63) is 116 Å². The standard InChI is InChI=1S/C30H18O10/c31-17-5-2-4-13-21(16-9-11(29(37)38)10-19(33)24(16)27(35)22(13)17)20-12-3-1-6-18(32)23(12)28(36)25-14(20)7-8-15(26(25)34)30(39)40/h1-10,20-21,31-34H,(H,37,38)(H,39,40)/t20-,21-/m1/s1. The number of ketones is 2. The zero-order valence-corrected chi connectivity index (χ0v) is 20.2. The molecule has 0 bridgehead atoms. The molecule has 198 valence electrons. The fraction of sp³-hybridized carbons (Fsp3) is 0.0667. The maximum absolute atomic E-state index is 13.6. The van der Waals surface area contributed by atoms with Gasteiger partial charge in [0.2, 0.25) is 11.6 Å². The van der Waals surface area contributed by atoms with E-state index in [-0.39, 0.29) is 50.1 Å². The summed E-state index contributed by atoms with van der Waals surface area (Å²) in [4.78, 5) is 50.9. The van der Waals surface area contributed by atoms with Gasteiger partial charge in [-0.25, -0.2) is 9.59 Å². The number of carboxylic acids is 2. The Kier molecular flexibility index (Phi) is 5.20. The lowest BCUT2D eigenvalue weighted by Crippen LogP contribution is -2.30. The number of carbonyl (C=O) groups excluding carboxylic acids is 2. The van der Waals surface area contributed by atoms with Crippen molar-refractivity contribution in [1.82, 2.24) is 0 Å². The fourth-order valence-electron chi connectivity index (χ4n) is 5.97. The summed E-state index contributed by atoms with van der Waals surface area (Å²) in [6, 6.07) is 13.2. The molecule has 2 aliphatic carbocycles. The smallest absolute Gasteiger partial charge is 0.339 e. The molecule has 0 spiro atoms. The molecule has 0 fully saturated rings. The normalized spacial score (nSPS) is 16.9. The zero-order valence-electron chi connectivity index (χ0n) is 20.2. The van der Waals surface area contributed by atoms with Crippen molar-refractivity contribution in [3.8, 4) is 23.0 Å². The summed E-state index contributed by atoms with van der Waals surface area (Å²) in [7, 11) is 0. The van der Waals surface area contributed by atoms with Crippen LogP contribution in [0, 0.1) is 0 Å². The Balaban J connectivity index is 1.77. The second-order valence-corrected chi connectivity index (χ2v) is 9.59. The highest BCUT2D eigenvalue weighted by Gasteiger charge is 2.46. The van der Waals surface area contributed by atoms with Crippen molar-refractivity contribution in [1.29, 1.82) is 0 Å². The van der Waals surface area contributed by atoms with Crippen LogP contribution in [0.1, 0.15) is 86.6 Å². The fourth-order valence-corrected chi connectivity index (χ4v) is 5.97. The van der Waals surface area contributed by atoms with Crippen molar-refractivity contribution < 1.29 is 49.8 Å². The van der Waals surface area contributed by atoms with Gasteiger partial charge in [0, 0.05) is 11.8 Å². The van der Waals surface area contributed by atoms with Crippen LogP contribution < -0.4 is 0 Å². The van der Waals surface area contributed by atoms with Crippen LogP contribution in [0.3, 0.4) is 0 Å². The van der Waals surface area contributed by atoms with E-state index < -0.39 is 63.9 Å². The first-order valence-electron chi connectivity index (χ1n) is 11.9. The van der Waals surface area contributed by atoms with Gasteiger partial charge in [-0.1, -0.05) is 30.3 Å². The number of aromatic carboxylic acids is 2. The molecule has 2 atom stereocenters. The predicted octanol–water partition coefficient (Wildman–Crippen LogP) is 3.96. The molecule has 40 heavy (non-hydrogen) atoms. The number of hydrogen-bond donors (Lipinski definition) is 6. The van der Waals surface area contributed by atoms with Gasteiger partial charge in [0.15, 0.2) is 0 Å². The highest BCUT2D eigenvalue weighted by molar-refractivity contribution is 6.19. The van der Waals surface area contributed by atoms with Crippen LogP contribution in [0.4, 0.5) is 0 Å². The summed E-state index contributed by atoms with van der Waals surface area (Å²) in [6.07, 6.45) is 0. The van der Waals surface area contributed by atoms with Crippen LogP contribution in [0.5, 0.6) is 23.0 Å². The van der Waals surface area contributed by atoms with Crippen molar-refractivity contribution in [2.24, 2.45) is 0 Å². The van der Waals surface area contributed by atoms with E-state index in [1.807, 2.05) is 0 Å². The van der Waals surface area contributed by atoms with E-state index in [9.17, 15) is 49.8 Å². The van der Waals surface area contributed by atoms with Gasteiger partial charge < -0.3 is 30.6 Å². The number of phenols is 4. The van der Waals surface area contributed by atoms with Gasteiger partial charge in [-0.3, -0.25) is 9.59 Å². The Hall–Kier alpha value is -5.64. The molecule has 6 rings (SSSR count). The third-order valence-electron chi connectivity index (χ3n) is 7.57. The first-order valence-corrected chi connectivity index (χ1v) is 11.9.